The molecular weight excluding hydrogens is 419 g/mol. The lowest BCUT2D eigenvalue weighted by atomic mass is 10.0. The Bertz CT molecular complexity index is 973. The summed E-state index contributed by atoms with van der Waals surface area (Å²) in [5, 5.41) is 1.94. The lowest BCUT2D eigenvalue weighted by Crippen LogP contribution is -2.47. The zero-order chi connectivity index (χ0) is 22.7. The fourth-order valence-corrected chi connectivity index (χ4v) is 3.46. The molecule has 0 aliphatic heterocycles. The number of nitrogens with two attached hydrogens (primary N) is 1. The number of carbonyl (C=O) groups is 1. The van der Waals surface area contributed by atoms with Crippen LogP contribution in [0.4, 0.5) is 13.2 Å². The molecule has 164 valence electrons. The summed E-state index contributed by atoms with van der Waals surface area (Å²) in [6.07, 6.45) is -2.17. The lowest BCUT2D eigenvalue weighted by molar-refractivity contribution is -0.164. The molecule has 0 aliphatic rings. The Labute approximate surface area is 173 Å². The maximum Gasteiger partial charge on any atom is 0.414 e. The van der Waals surface area contributed by atoms with E-state index in [2.05, 4.69) is 4.98 Å². The molecule has 2 rings (SSSR count). The fourth-order valence-electron chi connectivity index (χ4n) is 2.83. The van der Waals surface area contributed by atoms with E-state index >= 15 is 0 Å². The highest BCUT2D eigenvalue weighted by Gasteiger charge is 2.43. The number of rotatable bonds is 7. The molecule has 0 unspecified atom stereocenters. The molecule has 0 spiro atoms. The van der Waals surface area contributed by atoms with Crippen LogP contribution in [0.2, 0.25) is 0 Å². The molecule has 2 aromatic rings. The summed E-state index contributed by atoms with van der Waals surface area (Å²) in [7, 11) is -3.35. The maximum absolute atomic E-state index is 13.5. The second-order valence-corrected chi connectivity index (χ2v) is 9.50. The minimum absolute atomic E-state index is 0.0570. The third kappa shape index (κ3) is 6.27. The van der Waals surface area contributed by atoms with Gasteiger partial charge in [0.2, 0.25) is 5.91 Å². The van der Waals surface area contributed by atoms with Gasteiger partial charge in [0.15, 0.2) is 15.9 Å². The summed E-state index contributed by atoms with van der Waals surface area (Å²) in [6, 6.07) is 5.17. The van der Waals surface area contributed by atoms with E-state index in [4.69, 9.17) is 5.73 Å². The molecule has 0 bridgehead atoms. The standard InChI is InChI=1S/C20H24F3N3O3S/c1-12(2)10-16(24)19(27)26-18(20(21,22)23)17-9-6-14(11-25-17)13-4-7-15(8-5-13)30(3,28)29/h4-9,11-12,16,18H,10,24H2,1-3H3,(H,26,27)/t16-,18-/m0/s1. The maximum atomic E-state index is 13.5. The van der Waals surface area contributed by atoms with Crippen molar-refractivity contribution in [1.29, 1.82) is 0 Å². The molecule has 2 atom stereocenters. The van der Waals surface area contributed by atoms with Gasteiger partial charge in [0.1, 0.15) is 0 Å². The first-order valence-electron chi connectivity index (χ1n) is 9.18. The average Bonchev–Trinajstić information content (AvgIpc) is 2.64. The third-order valence-corrected chi connectivity index (χ3v) is 5.50. The first kappa shape index (κ1) is 23.8. The van der Waals surface area contributed by atoms with Crippen LogP contribution in [0.5, 0.6) is 0 Å². The van der Waals surface area contributed by atoms with E-state index in [9.17, 15) is 26.4 Å². The largest absolute Gasteiger partial charge is 0.414 e. The van der Waals surface area contributed by atoms with E-state index in [1.165, 1.54) is 30.5 Å². The highest BCUT2D eigenvalue weighted by Crippen LogP contribution is 2.32. The number of amides is 1. The molecule has 10 heteroatoms. The van der Waals surface area contributed by atoms with Crippen molar-refractivity contribution in [1.82, 2.24) is 10.3 Å². The Kier molecular flexibility index (Phi) is 7.25. The number of hydrogen-bond acceptors (Lipinski definition) is 5. The molecular formula is C20H24F3N3O3S. The van der Waals surface area contributed by atoms with Crippen LogP contribution in [0.3, 0.4) is 0 Å². The summed E-state index contributed by atoms with van der Waals surface area (Å²) in [4.78, 5) is 16.1. The SMILES string of the molecule is CC(C)C[C@H](N)C(=O)N[C@@H](c1ccc(-c2ccc(S(C)(=O)=O)cc2)cn1)C(F)(F)F. The smallest absolute Gasteiger partial charge is 0.338 e. The monoisotopic (exact) mass is 443 g/mol. The number of benzene rings is 1. The normalized spacial score (nSPS) is 14.4. The topological polar surface area (TPSA) is 102 Å². The predicted molar refractivity (Wildman–Crippen MR) is 107 cm³/mol. The van der Waals surface area contributed by atoms with E-state index in [0.29, 0.717) is 11.1 Å². The van der Waals surface area contributed by atoms with Crippen molar-refractivity contribution >= 4 is 15.7 Å². The molecule has 3 N–H and O–H groups in total. The summed E-state index contributed by atoms with van der Waals surface area (Å²) < 4.78 is 63.6. The van der Waals surface area contributed by atoms with Crippen LogP contribution in [0.15, 0.2) is 47.5 Å². The first-order chi connectivity index (χ1) is 13.8. The minimum Gasteiger partial charge on any atom is -0.338 e. The average molecular weight is 443 g/mol. The van der Waals surface area contributed by atoms with E-state index in [1.54, 1.807) is 12.1 Å². The molecule has 30 heavy (non-hydrogen) atoms. The molecule has 0 radical (unpaired) electrons. The summed E-state index contributed by atoms with van der Waals surface area (Å²) in [5.74, 6) is -0.838. The van der Waals surface area contributed by atoms with Gasteiger partial charge in [-0.05, 0) is 36.1 Å². The van der Waals surface area contributed by atoms with Crippen LogP contribution in [0.25, 0.3) is 11.1 Å². The van der Waals surface area contributed by atoms with Crippen LogP contribution in [0, 0.1) is 5.92 Å². The number of carbonyl (C=O) groups excluding carboxylic acids is 1. The van der Waals surface area contributed by atoms with Crippen molar-refractivity contribution in [2.24, 2.45) is 11.7 Å². The van der Waals surface area contributed by atoms with E-state index < -0.39 is 34.0 Å². The van der Waals surface area contributed by atoms with Crippen molar-refractivity contribution in [3.63, 3.8) is 0 Å². The van der Waals surface area contributed by atoms with Gasteiger partial charge in [-0.25, -0.2) is 8.42 Å². The number of sulfone groups is 1. The van der Waals surface area contributed by atoms with Crippen LogP contribution >= 0.6 is 0 Å². The Morgan fingerprint density at radius 3 is 2.10 bits per heavy atom. The van der Waals surface area contributed by atoms with E-state index in [-0.39, 0.29) is 22.9 Å². The summed E-state index contributed by atoms with van der Waals surface area (Å²) in [5.41, 5.74) is 6.41. The lowest BCUT2D eigenvalue weighted by Gasteiger charge is -2.23. The number of alkyl halides is 3. The predicted octanol–water partition coefficient (Wildman–Crippen LogP) is 3.25. The zero-order valence-electron chi connectivity index (χ0n) is 16.8. The van der Waals surface area contributed by atoms with E-state index in [0.717, 1.165) is 6.26 Å². The molecule has 1 aromatic carbocycles. The van der Waals surface area contributed by atoms with Gasteiger partial charge in [0, 0.05) is 18.0 Å². The summed E-state index contributed by atoms with van der Waals surface area (Å²) in [6.45, 7) is 3.63. The van der Waals surface area contributed by atoms with Crippen molar-refractivity contribution in [2.75, 3.05) is 6.26 Å². The van der Waals surface area contributed by atoms with Crippen molar-refractivity contribution < 1.29 is 26.4 Å². The molecule has 0 saturated carbocycles. The Balaban J connectivity index is 2.24. The van der Waals surface area contributed by atoms with Gasteiger partial charge in [-0.2, -0.15) is 13.2 Å². The van der Waals surface area contributed by atoms with Gasteiger partial charge in [-0.3, -0.25) is 9.78 Å². The number of halogens is 3. The molecule has 1 heterocycles. The molecule has 1 aromatic heterocycles. The second kappa shape index (κ2) is 9.13. The highest BCUT2D eigenvalue weighted by atomic mass is 32.2. The van der Waals surface area contributed by atoms with Gasteiger partial charge < -0.3 is 11.1 Å². The Hall–Kier alpha value is -2.46. The number of nitrogens with one attached hydrogen (secondary N) is 1. The van der Waals surface area contributed by atoms with Gasteiger partial charge in [0.05, 0.1) is 16.6 Å². The van der Waals surface area contributed by atoms with E-state index in [1.807, 2.05) is 19.2 Å². The third-order valence-electron chi connectivity index (χ3n) is 4.37. The van der Waals surface area contributed by atoms with Crippen molar-refractivity contribution in [3.05, 3.63) is 48.3 Å². The van der Waals surface area contributed by atoms with Gasteiger partial charge in [0.25, 0.3) is 0 Å². The van der Waals surface area contributed by atoms with Gasteiger partial charge in [-0.1, -0.05) is 32.0 Å². The quantitative estimate of drug-likeness (QED) is 0.684. The van der Waals surface area contributed by atoms with Gasteiger partial charge in [-0.15, -0.1) is 0 Å². The molecule has 6 nitrogen and oxygen atoms in total. The molecule has 0 aliphatic carbocycles. The van der Waals surface area contributed by atoms with Crippen LogP contribution in [-0.2, 0) is 14.6 Å². The zero-order valence-corrected chi connectivity index (χ0v) is 17.6. The second-order valence-electron chi connectivity index (χ2n) is 7.49. The number of pyridine rings is 1. The first-order valence-corrected chi connectivity index (χ1v) is 11.1. The Morgan fingerprint density at radius 1 is 1.10 bits per heavy atom. The molecule has 0 fully saturated rings. The molecule has 0 saturated heterocycles. The molecule has 1 amide bonds. The number of nitrogens with zero attached hydrogens (tertiary/aromatic N) is 1. The van der Waals surface area contributed by atoms with Crippen molar-refractivity contribution in [2.45, 2.75) is 43.4 Å². The number of aromatic nitrogens is 1. The highest BCUT2D eigenvalue weighted by molar-refractivity contribution is 7.90. The van der Waals surface area contributed by atoms with Gasteiger partial charge >= 0.3 is 6.18 Å². The van der Waals surface area contributed by atoms with Crippen molar-refractivity contribution in [3.8, 4) is 11.1 Å². The number of hydrogen-bond donors (Lipinski definition) is 2. The fraction of sp³-hybridized carbons (Fsp3) is 0.400. The van der Waals surface area contributed by atoms with Crippen LogP contribution in [0.1, 0.15) is 32.0 Å². The Morgan fingerprint density at radius 2 is 1.67 bits per heavy atom. The minimum atomic E-state index is -4.75. The summed E-state index contributed by atoms with van der Waals surface area (Å²) >= 11 is 0. The van der Waals surface area contributed by atoms with Crippen LogP contribution in [-0.4, -0.2) is 37.8 Å². The van der Waals surface area contributed by atoms with Crippen LogP contribution < -0.4 is 11.1 Å².